The lowest BCUT2D eigenvalue weighted by atomic mass is 9.93. The van der Waals surface area contributed by atoms with Crippen molar-refractivity contribution in [3.05, 3.63) is 59.7 Å². The van der Waals surface area contributed by atoms with Crippen molar-refractivity contribution in [3.8, 4) is 11.5 Å². The van der Waals surface area contributed by atoms with Crippen LogP contribution in [0, 0.1) is 0 Å². The molecule has 0 aromatic heterocycles. The number of ether oxygens (including phenoxy) is 2. The molecule has 5 heteroatoms. The molecule has 1 N–H and O–H groups in total. The van der Waals surface area contributed by atoms with Gasteiger partial charge in [-0.05, 0) is 37.4 Å². The van der Waals surface area contributed by atoms with E-state index in [4.69, 9.17) is 9.47 Å². The van der Waals surface area contributed by atoms with Gasteiger partial charge in [0.05, 0.1) is 0 Å². The minimum Gasteiger partial charge on any atom is -0.486 e. The highest BCUT2D eigenvalue weighted by Gasteiger charge is 2.45. The van der Waals surface area contributed by atoms with Gasteiger partial charge < -0.3 is 14.8 Å². The number of para-hydroxylation sites is 2. The standard InChI is InChI=1S/C22H26N2O3/c1-24(2)22(13-16-7-3-4-8-17(16)14-22)21(25)23-12-11-18-15-26-19-9-5-6-10-20(19)27-18/h3-10,18H,11-15H2,1-2H3,(H,23,25)/t18-/m0/s1. The lowest BCUT2D eigenvalue weighted by Crippen LogP contribution is -2.57. The van der Waals surface area contributed by atoms with Crippen LogP contribution in [0.2, 0.25) is 0 Å². The van der Waals surface area contributed by atoms with Gasteiger partial charge in [0, 0.05) is 25.8 Å². The molecule has 5 nitrogen and oxygen atoms in total. The summed E-state index contributed by atoms with van der Waals surface area (Å²) in [6.07, 6.45) is 2.17. The van der Waals surface area contributed by atoms with Crippen molar-refractivity contribution in [1.82, 2.24) is 10.2 Å². The first-order valence-corrected chi connectivity index (χ1v) is 9.49. The van der Waals surface area contributed by atoms with E-state index in [0.717, 1.165) is 30.8 Å². The molecule has 1 aliphatic carbocycles. The predicted molar refractivity (Wildman–Crippen MR) is 104 cm³/mol. The molecule has 0 radical (unpaired) electrons. The van der Waals surface area contributed by atoms with Gasteiger partial charge >= 0.3 is 0 Å². The van der Waals surface area contributed by atoms with Crippen molar-refractivity contribution in [2.45, 2.75) is 30.9 Å². The van der Waals surface area contributed by atoms with Crippen molar-refractivity contribution in [2.24, 2.45) is 0 Å². The monoisotopic (exact) mass is 366 g/mol. The third kappa shape index (κ3) is 3.39. The van der Waals surface area contributed by atoms with E-state index in [0.29, 0.717) is 13.2 Å². The second-order valence-electron chi connectivity index (χ2n) is 7.59. The van der Waals surface area contributed by atoms with Gasteiger partial charge in [-0.3, -0.25) is 9.69 Å². The summed E-state index contributed by atoms with van der Waals surface area (Å²) in [5, 5.41) is 3.14. The van der Waals surface area contributed by atoms with Gasteiger partial charge in [0.1, 0.15) is 18.2 Å². The summed E-state index contributed by atoms with van der Waals surface area (Å²) in [5.74, 6) is 1.64. The minimum atomic E-state index is -0.514. The average Bonchev–Trinajstić information content (AvgIpc) is 3.09. The summed E-state index contributed by atoms with van der Waals surface area (Å²) < 4.78 is 11.7. The van der Waals surface area contributed by atoms with E-state index in [9.17, 15) is 4.79 Å². The molecule has 1 aliphatic heterocycles. The van der Waals surface area contributed by atoms with Gasteiger partial charge in [0.25, 0.3) is 0 Å². The number of carbonyl (C=O) groups excluding carboxylic acids is 1. The number of rotatable bonds is 5. The zero-order valence-corrected chi connectivity index (χ0v) is 15.9. The molecule has 2 aliphatic rings. The van der Waals surface area contributed by atoms with Gasteiger partial charge in [-0.15, -0.1) is 0 Å². The van der Waals surface area contributed by atoms with Gasteiger partial charge in [-0.25, -0.2) is 0 Å². The molecular formula is C22H26N2O3. The molecular weight excluding hydrogens is 340 g/mol. The summed E-state index contributed by atoms with van der Waals surface area (Å²) in [5.41, 5.74) is 2.02. The van der Waals surface area contributed by atoms with Gasteiger partial charge in [-0.2, -0.15) is 0 Å². The van der Waals surface area contributed by atoms with E-state index in [1.165, 1.54) is 11.1 Å². The number of hydrogen-bond donors (Lipinski definition) is 1. The van der Waals surface area contributed by atoms with E-state index in [1.807, 2.05) is 50.5 Å². The maximum atomic E-state index is 13.1. The summed E-state index contributed by atoms with van der Waals surface area (Å²) in [6.45, 7) is 1.08. The van der Waals surface area contributed by atoms with E-state index >= 15 is 0 Å². The lowest BCUT2D eigenvalue weighted by Gasteiger charge is -2.35. The molecule has 0 unspecified atom stereocenters. The Morgan fingerprint density at radius 2 is 1.70 bits per heavy atom. The number of fused-ring (bicyclic) bond motifs is 2. The molecule has 1 heterocycles. The van der Waals surface area contributed by atoms with Crippen LogP contribution < -0.4 is 14.8 Å². The highest BCUT2D eigenvalue weighted by atomic mass is 16.6. The molecule has 4 rings (SSSR count). The second-order valence-corrected chi connectivity index (χ2v) is 7.59. The Balaban J connectivity index is 1.35. The summed E-state index contributed by atoms with van der Waals surface area (Å²) in [6, 6.07) is 16.0. The Kier molecular flexibility index (Phi) is 4.79. The Labute approximate surface area is 160 Å². The Morgan fingerprint density at radius 3 is 2.37 bits per heavy atom. The SMILES string of the molecule is CN(C)C1(C(=O)NCC[C@H]2COc3ccccc3O2)Cc2ccccc2C1. The first kappa shape index (κ1) is 17.9. The van der Waals surface area contributed by atoms with E-state index < -0.39 is 5.54 Å². The van der Waals surface area contributed by atoms with Crippen LogP contribution in [0.5, 0.6) is 11.5 Å². The second kappa shape index (κ2) is 7.24. The maximum absolute atomic E-state index is 13.1. The number of hydrogen-bond acceptors (Lipinski definition) is 4. The molecule has 0 spiro atoms. The Bertz CT molecular complexity index is 809. The smallest absolute Gasteiger partial charge is 0.241 e. The third-order valence-corrected chi connectivity index (χ3v) is 5.68. The van der Waals surface area contributed by atoms with Crippen LogP contribution >= 0.6 is 0 Å². The third-order valence-electron chi connectivity index (χ3n) is 5.68. The topological polar surface area (TPSA) is 50.8 Å². The Hall–Kier alpha value is -2.53. The van der Waals surface area contributed by atoms with Crippen molar-refractivity contribution in [1.29, 1.82) is 0 Å². The zero-order chi connectivity index (χ0) is 18.9. The largest absolute Gasteiger partial charge is 0.486 e. The number of nitrogens with zero attached hydrogens (tertiary/aromatic N) is 1. The molecule has 0 saturated heterocycles. The summed E-state index contributed by atoms with van der Waals surface area (Å²) >= 11 is 0. The number of likely N-dealkylation sites (N-methyl/N-ethyl adjacent to an activating group) is 1. The predicted octanol–water partition coefficient (Wildman–Crippen LogP) is 2.43. The first-order valence-electron chi connectivity index (χ1n) is 9.49. The number of nitrogens with one attached hydrogen (secondary N) is 1. The van der Waals surface area contributed by atoms with E-state index in [-0.39, 0.29) is 12.0 Å². The average molecular weight is 366 g/mol. The highest BCUT2D eigenvalue weighted by Crippen LogP contribution is 2.34. The van der Waals surface area contributed by atoms with Crippen LogP contribution in [0.1, 0.15) is 17.5 Å². The summed E-state index contributed by atoms with van der Waals surface area (Å²) in [7, 11) is 3.97. The number of benzene rings is 2. The van der Waals surface area contributed by atoms with Gasteiger partial charge in [0.15, 0.2) is 11.5 Å². The van der Waals surface area contributed by atoms with Crippen LogP contribution in [0.15, 0.2) is 48.5 Å². The van der Waals surface area contributed by atoms with Crippen molar-refractivity contribution in [3.63, 3.8) is 0 Å². The number of carbonyl (C=O) groups is 1. The lowest BCUT2D eigenvalue weighted by molar-refractivity contribution is -0.131. The van der Waals surface area contributed by atoms with E-state index in [1.54, 1.807) is 0 Å². The fraction of sp³-hybridized carbons (Fsp3) is 0.409. The van der Waals surface area contributed by atoms with Crippen LogP contribution in [0.25, 0.3) is 0 Å². The molecule has 1 amide bonds. The maximum Gasteiger partial charge on any atom is 0.241 e. The Morgan fingerprint density at radius 1 is 1.07 bits per heavy atom. The molecule has 0 saturated carbocycles. The minimum absolute atomic E-state index is 0.0451. The molecule has 2 aromatic carbocycles. The van der Waals surface area contributed by atoms with Gasteiger partial charge in [-0.1, -0.05) is 36.4 Å². The first-order chi connectivity index (χ1) is 13.1. The number of amides is 1. The van der Waals surface area contributed by atoms with Crippen LogP contribution in [-0.4, -0.2) is 49.7 Å². The van der Waals surface area contributed by atoms with Crippen LogP contribution in [0.3, 0.4) is 0 Å². The van der Waals surface area contributed by atoms with Gasteiger partial charge in [0.2, 0.25) is 5.91 Å². The highest BCUT2D eigenvalue weighted by molar-refractivity contribution is 5.88. The normalized spacial score (nSPS) is 19.6. The molecule has 27 heavy (non-hydrogen) atoms. The molecule has 2 aromatic rings. The van der Waals surface area contributed by atoms with Crippen LogP contribution in [0.4, 0.5) is 0 Å². The van der Waals surface area contributed by atoms with Crippen LogP contribution in [-0.2, 0) is 17.6 Å². The van der Waals surface area contributed by atoms with E-state index in [2.05, 4.69) is 22.3 Å². The zero-order valence-electron chi connectivity index (χ0n) is 15.9. The molecule has 0 fully saturated rings. The molecule has 1 atom stereocenters. The fourth-order valence-corrected chi connectivity index (χ4v) is 3.99. The summed E-state index contributed by atoms with van der Waals surface area (Å²) in [4.78, 5) is 15.1. The van der Waals surface area contributed by atoms with Crippen molar-refractivity contribution in [2.75, 3.05) is 27.2 Å². The molecule has 0 bridgehead atoms. The van der Waals surface area contributed by atoms with Crippen molar-refractivity contribution >= 4 is 5.91 Å². The molecule has 142 valence electrons. The van der Waals surface area contributed by atoms with Crippen molar-refractivity contribution < 1.29 is 14.3 Å². The fourth-order valence-electron chi connectivity index (χ4n) is 3.99. The quantitative estimate of drug-likeness (QED) is 0.883.